The van der Waals surface area contributed by atoms with Crippen molar-refractivity contribution < 1.29 is 10.0 Å². The molecule has 21 heavy (non-hydrogen) atoms. The molecule has 0 saturated heterocycles. The second-order valence-electron chi connectivity index (χ2n) is 4.06. The third-order valence-electron chi connectivity index (χ3n) is 2.44. The van der Waals surface area contributed by atoms with Crippen LogP contribution in [0.3, 0.4) is 0 Å². The van der Waals surface area contributed by atoms with Crippen molar-refractivity contribution in [3.8, 4) is 0 Å². The molecule has 2 heterocycles. The fourth-order valence-electron chi connectivity index (χ4n) is 1.42. The zero-order valence-corrected chi connectivity index (χ0v) is 12.5. The number of aryl methyl sites for hydroxylation is 1. The van der Waals surface area contributed by atoms with Gasteiger partial charge in [-0.25, -0.2) is 0 Å². The number of thiophene rings is 1. The van der Waals surface area contributed by atoms with Gasteiger partial charge in [0.2, 0.25) is 0 Å². The minimum absolute atomic E-state index is 0.113. The van der Waals surface area contributed by atoms with E-state index in [4.69, 9.17) is 0 Å². The summed E-state index contributed by atoms with van der Waals surface area (Å²) in [5, 5.41) is 22.9. The summed E-state index contributed by atoms with van der Waals surface area (Å²) in [5.41, 5.74) is -2.01. The first kappa shape index (κ1) is 15.4. The summed E-state index contributed by atoms with van der Waals surface area (Å²) in [4.78, 5) is 36.8. The van der Waals surface area contributed by atoms with E-state index in [0.717, 1.165) is 23.1 Å². The SMILES string of the molecule is C[C@@H](O)c1cc([N+](=O)[O-])c(Sc2nc(=O)c(=O)[nH]n2C)s1. The van der Waals surface area contributed by atoms with E-state index in [1.807, 2.05) is 0 Å². The van der Waals surface area contributed by atoms with Gasteiger partial charge in [0.15, 0.2) is 5.16 Å². The Morgan fingerprint density at radius 1 is 1.57 bits per heavy atom. The van der Waals surface area contributed by atoms with Crippen molar-refractivity contribution in [3.63, 3.8) is 0 Å². The first-order valence-electron chi connectivity index (χ1n) is 5.61. The Balaban J connectivity index is 2.48. The smallest absolute Gasteiger partial charge is 0.339 e. The van der Waals surface area contributed by atoms with Gasteiger partial charge in [-0.05, 0) is 18.7 Å². The molecule has 0 spiro atoms. The summed E-state index contributed by atoms with van der Waals surface area (Å²) < 4.78 is 1.48. The summed E-state index contributed by atoms with van der Waals surface area (Å²) in [6, 6.07) is 1.28. The monoisotopic (exact) mass is 330 g/mol. The van der Waals surface area contributed by atoms with E-state index < -0.39 is 22.1 Å². The lowest BCUT2D eigenvalue weighted by Crippen LogP contribution is -2.33. The molecule has 0 aliphatic heterocycles. The number of aromatic nitrogens is 3. The number of aliphatic hydroxyl groups is 1. The van der Waals surface area contributed by atoms with Gasteiger partial charge in [0.05, 0.1) is 11.0 Å². The summed E-state index contributed by atoms with van der Waals surface area (Å²) >= 11 is 1.91. The average molecular weight is 330 g/mol. The van der Waals surface area contributed by atoms with Crippen LogP contribution in [-0.2, 0) is 7.05 Å². The van der Waals surface area contributed by atoms with Crippen molar-refractivity contribution in [1.82, 2.24) is 14.8 Å². The molecular formula is C10H10N4O5S2. The highest BCUT2D eigenvalue weighted by Crippen LogP contribution is 2.41. The van der Waals surface area contributed by atoms with Crippen molar-refractivity contribution in [2.75, 3.05) is 0 Å². The van der Waals surface area contributed by atoms with Crippen LogP contribution in [0.15, 0.2) is 25.0 Å². The summed E-state index contributed by atoms with van der Waals surface area (Å²) in [7, 11) is 1.46. The van der Waals surface area contributed by atoms with Gasteiger partial charge >= 0.3 is 11.1 Å². The van der Waals surface area contributed by atoms with Crippen LogP contribution in [0.4, 0.5) is 5.69 Å². The molecule has 0 unspecified atom stereocenters. The number of aromatic amines is 1. The molecule has 0 radical (unpaired) electrons. The standard InChI is InChI=1S/C10H10N4O5S2/c1-4(15)6-3-5(14(18)19)9(20-6)21-10-11-7(16)8(17)12-13(10)2/h3-4,15H,1-2H3,(H,12,17)/t4-/m1/s1. The van der Waals surface area contributed by atoms with Crippen LogP contribution in [0, 0.1) is 10.1 Å². The summed E-state index contributed by atoms with van der Waals surface area (Å²) in [6.45, 7) is 1.50. The molecule has 0 aliphatic rings. The molecule has 0 saturated carbocycles. The van der Waals surface area contributed by atoms with Crippen LogP contribution in [0.1, 0.15) is 17.9 Å². The fraction of sp³-hybridized carbons (Fsp3) is 0.300. The molecule has 11 heteroatoms. The first-order chi connectivity index (χ1) is 9.79. The van der Waals surface area contributed by atoms with Crippen molar-refractivity contribution >= 4 is 28.8 Å². The number of hydrogen-bond acceptors (Lipinski definition) is 8. The Labute approximate surface area is 125 Å². The van der Waals surface area contributed by atoms with E-state index in [1.54, 1.807) is 0 Å². The molecule has 9 nitrogen and oxygen atoms in total. The topological polar surface area (TPSA) is 131 Å². The predicted molar refractivity (Wildman–Crippen MR) is 75.8 cm³/mol. The van der Waals surface area contributed by atoms with Gasteiger partial charge in [0.25, 0.3) is 5.69 Å². The number of rotatable bonds is 4. The van der Waals surface area contributed by atoms with Crippen molar-refractivity contribution in [2.24, 2.45) is 7.05 Å². The second-order valence-corrected chi connectivity index (χ2v) is 6.38. The highest BCUT2D eigenvalue weighted by atomic mass is 32.2. The maximum absolute atomic E-state index is 11.3. The number of H-pyrrole nitrogens is 1. The Bertz CT molecular complexity index is 807. The minimum Gasteiger partial charge on any atom is -0.388 e. The zero-order chi connectivity index (χ0) is 15.7. The molecule has 0 aliphatic carbocycles. The van der Waals surface area contributed by atoms with E-state index in [-0.39, 0.29) is 15.1 Å². The van der Waals surface area contributed by atoms with E-state index >= 15 is 0 Å². The van der Waals surface area contributed by atoms with Gasteiger partial charge in [-0.1, -0.05) is 0 Å². The molecule has 2 aromatic heterocycles. The van der Waals surface area contributed by atoms with E-state index in [9.17, 15) is 24.8 Å². The average Bonchev–Trinajstić information content (AvgIpc) is 2.80. The zero-order valence-electron chi connectivity index (χ0n) is 10.9. The van der Waals surface area contributed by atoms with Gasteiger partial charge in [-0.3, -0.25) is 29.5 Å². The third kappa shape index (κ3) is 3.20. The Morgan fingerprint density at radius 2 is 2.24 bits per heavy atom. The molecule has 112 valence electrons. The molecular weight excluding hydrogens is 320 g/mol. The number of nitrogens with zero attached hydrogens (tertiary/aromatic N) is 3. The maximum atomic E-state index is 11.3. The Hall–Kier alpha value is -1.98. The van der Waals surface area contributed by atoms with Crippen molar-refractivity contribution in [2.45, 2.75) is 22.4 Å². The molecule has 0 aromatic carbocycles. The lowest BCUT2D eigenvalue weighted by molar-refractivity contribution is -0.387. The number of nitro groups is 1. The van der Waals surface area contributed by atoms with Gasteiger partial charge in [0.1, 0.15) is 4.21 Å². The minimum atomic E-state index is -0.967. The van der Waals surface area contributed by atoms with Crippen LogP contribution in [-0.4, -0.2) is 24.8 Å². The Morgan fingerprint density at radius 3 is 2.81 bits per heavy atom. The van der Waals surface area contributed by atoms with Gasteiger partial charge in [-0.2, -0.15) is 4.98 Å². The quantitative estimate of drug-likeness (QED) is 0.478. The molecule has 2 rings (SSSR count). The van der Waals surface area contributed by atoms with Crippen molar-refractivity contribution in [1.29, 1.82) is 0 Å². The molecule has 1 atom stereocenters. The van der Waals surface area contributed by atoms with Crippen LogP contribution in [0.5, 0.6) is 0 Å². The maximum Gasteiger partial charge on any atom is 0.339 e. The van der Waals surface area contributed by atoms with Gasteiger partial charge in [0, 0.05) is 18.0 Å². The van der Waals surface area contributed by atoms with Crippen LogP contribution in [0.25, 0.3) is 0 Å². The van der Waals surface area contributed by atoms with Crippen LogP contribution in [0.2, 0.25) is 0 Å². The lowest BCUT2D eigenvalue weighted by Gasteiger charge is -2.03. The van der Waals surface area contributed by atoms with Crippen LogP contribution < -0.4 is 11.1 Å². The highest BCUT2D eigenvalue weighted by Gasteiger charge is 2.23. The summed E-state index contributed by atoms with van der Waals surface area (Å²) in [6.07, 6.45) is -0.838. The first-order valence-corrected chi connectivity index (χ1v) is 7.24. The number of hydrogen-bond donors (Lipinski definition) is 2. The largest absolute Gasteiger partial charge is 0.388 e. The van der Waals surface area contributed by atoms with E-state index in [1.165, 1.54) is 24.7 Å². The van der Waals surface area contributed by atoms with E-state index in [2.05, 4.69) is 10.1 Å². The fourth-order valence-corrected chi connectivity index (χ4v) is 3.61. The highest BCUT2D eigenvalue weighted by molar-refractivity contribution is 8.01. The molecule has 2 N–H and O–H groups in total. The molecule has 0 bridgehead atoms. The van der Waals surface area contributed by atoms with Crippen LogP contribution >= 0.6 is 23.1 Å². The van der Waals surface area contributed by atoms with Gasteiger partial charge in [-0.15, -0.1) is 11.3 Å². The van der Waals surface area contributed by atoms with E-state index in [0.29, 0.717) is 4.88 Å². The molecule has 0 fully saturated rings. The lowest BCUT2D eigenvalue weighted by atomic mass is 10.3. The van der Waals surface area contributed by atoms with Gasteiger partial charge < -0.3 is 5.11 Å². The third-order valence-corrected chi connectivity index (χ3v) is 4.97. The number of aliphatic hydroxyl groups excluding tert-OH is 1. The normalized spacial score (nSPS) is 12.3. The predicted octanol–water partition coefficient (Wildman–Crippen LogP) is 0.643. The number of nitrogens with one attached hydrogen (secondary N) is 1. The summed E-state index contributed by atoms with van der Waals surface area (Å²) in [5.74, 6) is 0. The Kier molecular flexibility index (Phi) is 4.25. The second kappa shape index (κ2) is 5.79. The molecule has 0 amide bonds. The molecule has 2 aromatic rings. The van der Waals surface area contributed by atoms with Crippen molar-refractivity contribution in [3.05, 3.63) is 41.8 Å².